The molecule has 0 saturated carbocycles. The summed E-state index contributed by atoms with van der Waals surface area (Å²) < 4.78 is 5.49. The van der Waals surface area contributed by atoms with E-state index in [1.54, 1.807) is 0 Å². The van der Waals surface area contributed by atoms with Gasteiger partial charge in [-0.15, -0.1) is 0 Å². The van der Waals surface area contributed by atoms with Gasteiger partial charge in [0.25, 0.3) is 0 Å². The minimum absolute atomic E-state index is 0.0336. The van der Waals surface area contributed by atoms with E-state index in [-0.39, 0.29) is 5.97 Å². The highest BCUT2D eigenvalue weighted by Crippen LogP contribution is 2.17. The van der Waals surface area contributed by atoms with Gasteiger partial charge < -0.3 is 4.74 Å². The molecule has 0 fully saturated rings. The van der Waals surface area contributed by atoms with Crippen molar-refractivity contribution in [2.45, 2.75) is 303 Å². The van der Waals surface area contributed by atoms with Gasteiger partial charge in [-0.2, -0.15) is 0 Å². The fourth-order valence-electron chi connectivity index (χ4n) is 7.85. The molecule has 0 aromatic heterocycles. The molecule has 0 atom stereocenters. The molecule has 0 aromatic rings. The van der Waals surface area contributed by atoms with E-state index < -0.39 is 0 Å². The maximum atomic E-state index is 12.0. The Balaban J connectivity index is 3.14. The molecule has 0 saturated heterocycles. The predicted octanol–water partition coefficient (Wildman–Crippen LogP) is 18.1. The van der Waals surface area contributed by atoms with E-state index >= 15 is 0 Å². The Morgan fingerprint density at radius 3 is 0.647 bits per heavy atom. The quantitative estimate of drug-likeness (QED) is 0.0463. The van der Waals surface area contributed by atoms with Crippen LogP contribution in [0.2, 0.25) is 0 Å². The molecule has 0 aliphatic heterocycles. The molecule has 0 radical (unpaired) electrons. The number of rotatable bonds is 46. The minimum Gasteiger partial charge on any atom is -0.466 e. The second kappa shape index (κ2) is 47.5. The lowest BCUT2D eigenvalue weighted by Crippen LogP contribution is -2.05. The van der Waals surface area contributed by atoms with Crippen molar-refractivity contribution in [1.82, 2.24) is 0 Å². The summed E-state index contributed by atoms with van der Waals surface area (Å²) in [6.07, 6.45) is 62.4. The van der Waals surface area contributed by atoms with Gasteiger partial charge in [-0.25, -0.2) is 0 Å². The summed E-state index contributed by atoms with van der Waals surface area (Å²) in [6, 6.07) is 0. The molecule has 51 heavy (non-hydrogen) atoms. The van der Waals surface area contributed by atoms with Crippen molar-refractivity contribution in [1.29, 1.82) is 0 Å². The standard InChI is InChI=1S/C49H98O2/c1-3-5-7-9-11-13-15-17-19-21-23-24-25-26-27-28-29-30-31-33-35-37-39-41-43-45-47-49(50)51-48-46-44-42-40-38-36-34-32-22-20-18-16-14-12-10-8-6-4-2/h3-48H2,1-2H3. The highest BCUT2D eigenvalue weighted by Gasteiger charge is 2.03. The fourth-order valence-corrected chi connectivity index (χ4v) is 7.85. The Kier molecular flexibility index (Phi) is 47.0. The molecule has 0 N–H and O–H groups in total. The highest BCUT2D eigenvalue weighted by molar-refractivity contribution is 5.69. The molecule has 0 heterocycles. The van der Waals surface area contributed by atoms with Crippen LogP contribution >= 0.6 is 0 Å². The molecule has 0 aromatic carbocycles. The zero-order chi connectivity index (χ0) is 36.8. The molecule has 0 spiro atoms. The van der Waals surface area contributed by atoms with Crippen molar-refractivity contribution in [2.24, 2.45) is 0 Å². The van der Waals surface area contributed by atoms with Gasteiger partial charge >= 0.3 is 5.97 Å². The second-order valence-electron chi connectivity index (χ2n) is 16.8. The van der Waals surface area contributed by atoms with Gasteiger partial charge in [-0.3, -0.25) is 4.79 Å². The summed E-state index contributed by atoms with van der Waals surface area (Å²) in [5, 5.41) is 0. The first-order valence-corrected chi connectivity index (χ1v) is 24.5. The monoisotopic (exact) mass is 719 g/mol. The molecule has 0 amide bonds. The van der Waals surface area contributed by atoms with Gasteiger partial charge in [-0.1, -0.05) is 284 Å². The van der Waals surface area contributed by atoms with Gasteiger partial charge in [0.15, 0.2) is 0 Å². The van der Waals surface area contributed by atoms with E-state index in [1.165, 1.54) is 270 Å². The van der Waals surface area contributed by atoms with E-state index in [0.29, 0.717) is 13.0 Å². The minimum atomic E-state index is 0.0336. The third kappa shape index (κ3) is 47.4. The number of carbonyl (C=O) groups is 1. The third-order valence-corrected chi connectivity index (χ3v) is 11.5. The maximum Gasteiger partial charge on any atom is 0.305 e. The summed E-state index contributed by atoms with van der Waals surface area (Å²) in [4.78, 5) is 12.0. The van der Waals surface area contributed by atoms with Crippen LogP contribution in [-0.4, -0.2) is 12.6 Å². The number of ether oxygens (including phenoxy) is 1. The molecule has 2 nitrogen and oxygen atoms in total. The van der Waals surface area contributed by atoms with Crippen LogP contribution in [0.5, 0.6) is 0 Å². The SMILES string of the molecule is CCCCCCCCCCCCCCCCCCCCCCCCCCCCC(=O)OCCCCCCCCCCCCCCCCCCCC. The van der Waals surface area contributed by atoms with E-state index in [9.17, 15) is 4.79 Å². The lowest BCUT2D eigenvalue weighted by atomic mass is 10.0. The van der Waals surface area contributed by atoms with Gasteiger partial charge in [0.2, 0.25) is 0 Å². The Labute approximate surface area is 324 Å². The molecule has 0 unspecified atom stereocenters. The molecule has 0 aliphatic rings. The van der Waals surface area contributed by atoms with Crippen LogP contribution in [0.4, 0.5) is 0 Å². The van der Waals surface area contributed by atoms with Crippen molar-refractivity contribution in [2.75, 3.05) is 6.61 Å². The summed E-state index contributed by atoms with van der Waals surface area (Å²) in [5.41, 5.74) is 0. The van der Waals surface area contributed by atoms with Crippen LogP contribution in [0.1, 0.15) is 303 Å². The third-order valence-electron chi connectivity index (χ3n) is 11.5. The van der Waals surface area contributed by atoms with Gasteiger partial charge in [0, 0.05) is 6.42 Å². The molecular formula is C49H98O2. The number of unbranched alkanes of at least 4 members (excludes halogenated alkanes) is 42. The Bertz CT molecular complexity index is 615. The number of carbonyl (C=O) groups excluding carboxylic acids is 1. The number of esters is 1. The van der Waals surface area contributed by atoms with Crippen molar-refractivity contribution < 1.29 is 9.53 Å². The lowest BCUT2D eigenvalue weighted by Gasteiger charge is -2.06. The second-order valence-corrected chi connectivity index (χ2v) is 16.8. The lowest BCUT2D eigenvalue weighted by molar-refractivity contribution is -0.143. The van der Waals surface area contributed by atoms with Crippen LogP contribution in [0.25, 0.3) is 0 Å². The Hall–Kier alpha value is -0.530. The zero-order valence-electron chi connectivity index (χ0n) is 35.8. The van der Waals surface area contributed by atoms with Crippen molar-refractivity contribution in [3.8, 4) is 0 Å². The van der Waals surface area contributed by atoms with E-state index in [0.717, 1.165) is 12.8 Å². The van der Waals surface area contributed by atoms with Crippen molar-refractivity contribution in [3.05, 3.63) is 0 Å². The fraction of sp³-hybridized carbons (Fsp3) is 0.980. The highest BCUT2D eigenvalue weighted by atomic mass is 16.5. The zero-order valence-corrected chi connectivity index (χ0v) is 35.8. The van der Waals surface area contributed by atoms with Gasteiger partial charge in [-0.05, 0) is 12.8 Å². The molecule has 0 aliphatic carbocycles. The van der Waals surface area contributed by atoms with E-state index in [4.69, 9.17) is 4.74 Å². The first-order chi connectivity index (χ1) is 25.3. The maximum absolute atomic E-state index is 12.0. The van der Waals surface area contributed by atoms with Gasteiger partial charge in [0.1, 0.15) is 0 Å². The molecule has 0 bridgehead atoms. The van der Waals surface area contributed by atoms with E-state index in [1.807, 2.05) is 0 Å². The number of hydrogen-bond acceptors (Lipinski definition) is 2. The van der Waals surface area contributed by atoms with Crippen LogP contribution in [0, 0.1) is 0 Å². The van der Waals surface area contributed by atoms with Crippen LogP contribution in [0.15, 0.2) is 0 Å². The topological polar surface area (TPSA) is 26.3 Å². The average molecular weight is 719 g/mol. The summed E-state index contributed by atoms with van der Waals surface area (Å²) >= 11 is 0. The summed E-state index contributed by atoms with van der Waals surface area (Å²) in [6.45, 7) is 5.24. The number of hydrogen-bond donors (Lipinski definition) is 0. The molecule has 0 rings (SSSR count). The molecular weight excluding hydrogens is 621 g/mol. The normalized spacial score (nSPS) is 11.5. The van der Waals surface area contributed by atoms with Gasteiger partial charge in [0.05, 0.1) is 6.61 Å². The summed E-state index contributed by atoms with van der Waals surface area (Å²) in [5.74, 6) is 0.0336. The molecule has 2 heteroatoms. The van der Waals surface area contributed by atoms with E-state index in [2.05, 4.69) is 13.8 Å². The van der Waals surface area contributed by atoms with Crippen LogP contribution in [-0.2, 0) is 9.53 Å². The average Bonchev–Trinajstić information content (AvgIpc) is 3.14. The summed E-state index contributed by atoms with van der Waals surface area (Å²) in [7, 11) is 0. The smallest absolute Gasteiger partial charge is 0.305 e. The Morgan fingerprint density at radius 2 is 0.431 bits per heavy atom. The first-order valence-electron chi connectivity index (χ1n) is 24.5. The van der Waals surface area contributed by atoms with Crippen molar-refractivity contribution >= 4 is 5.97 Å². The Morgan fingerprint density at radius 1 is 0.255 bits per heavy atom. The largest absolute Gasteiger partial charge is 0.466 e. The first kappa shape index (κ1) is 50.5. The van der Waals surface area contributed by atoms with Crippen LogP contribution < -0.4 is 0 Å². The predicted molar refractivity (Wildman–Crippen MR) is 230 cm³/mol. The van der Waals surface area contributed by atoms with Crippen LogP contribution in [0.3, 0.4) is 0 Å². The molecule has 306 valence electrons. The van der Waals surface area contributed by atoms with Crippen molar-refractivity contribution in [3.63, 3.8) is 0 Å².